The Bertz CT molecular complexity index is 765. The van der Waals surface area contributed by atoms with E-state index in [4.69, 9.17) is 4.52 Å². The highest BCUT2D eigenvalue weighted by atomic mass is 32.2. The van der Waals surface area contributed by atoms with Crippen LogP contribution < -0.4 is 10.6 Å². The largest absolute Gasteiger partial charge is 0.360 e. The number of amides is 2. The zero-order valence-corrected chi connectivity index (χ0v) is 16.1. The number of anilines is 1. The Morgan fingerprint density at radius 2 is 2.04 bits per heavy atom. The standard InChI is InChI=1S/C19H24N4O3S/c1-14-9-17(22-26-14)21-19(25)13-27-12-18(24)20-16-7-8-23(11-16)10-15-5-3-2-4-6-15/h2-6,9,16H,7-8,10-13H2,1H3,(H,20,24)(H,21,22,25). The van der Waals surface area contributed by atoms with Crippen molar-refractivity contribution in [1.29, 1.82) is 0 Å². The number of nitrogens with one attached hydrogen (secondary N) is 2. The van der Waals surface area contributed by atoms with Crippen LogP contribution in [0.1, 0.15) is 17.7 Å². The molecule has 3 rings (SSSR count). The first-order valence-corrected chi connectivity index (χ1v) is 10.1. The van der Waals surface area contributed by atoms with Crippen LogP contribution in [0.3, 0.4) is 0 Å². The van der Waals surface area contributed by atoms with Gasteiger partial charge in [-0.3, -0.25) is 14.5 Å². The summed E-state index contributed by atoms with van der Waals surface area (Å²) in [5.41, 5.74) is 1.29. The summed E-state index contributed by atoms with van der Waals surface area (Å²) in [6.07, 6.45) is 0.954. The van der Waals surface area contributed by atoms with E-state index in [2.05, 4.69) is 32.8 Å². The maximum Gasteiger partial charge on any atom is 0.235 e. The predicted molar refractivity (Wildman–Crippen MR) is 105 cm³/mol. The molecule has 144 valence electrons. The van der Waals surface area contributed by atoms with E-state index in [1.807, 2.05) is 18.2 Å². The summed E-state index contributed by atoms with van der Waals surface area (Å²) in [5, 5.41) is 9.40. The molecule has 2 aromatic rings. The van der Waals surface area contributed by atoms with Crippen molar-refractivity contribution in [2.24, 2.45) is 0 Å². The van der Waals surface area contributed by atoms with Gasteiger partial charge in [-0.1, -0.05) is 35.5 Å². The molecule has 8 heteroatoms. The Balaban J connectivity index is 1.31. The van der Waals surface area contributed by atoms with Crippen LogP contribution in [0.5, 0.6) is 0 Å². The van der Waals surface area contributed by atoms with Crippen molar-refractivity contribution in [1.82, 2.24) is 15.4 Å². The minimum atomic E-state index is -0.198. The van der Waals surface area contributed by atoms with Crippen LogP contribution in [0.4, 0.5) is 5.82 Å². The molecule has 1 atom stereocenters. The summed E-state index contributed by atoms with van der Waals surface area (Å²) in [6.45, 7) is 4.50. The second kappa shape index (κ2) is 9.57. The van der Waals surface area contributed by atoms with Gasteiger partial charge >= 0.3 is 0 Å². The van der Waals surface area contributed by atoms with E-state index >= 15 is 0 Å². The Labute approximate surface area is 162 Å². The lowest BCUT2D eigenvalue weighted by Crippen LogP contribution is -2.38. The molecule has 1 aromatic carbocycles. The average molecular weight is 388 g/mol. The summed E-state index contributed by atoms with van der Waals surface area (Å²) >= 11 is 1.29. The number of thioether (sulfide) groups is 1. The molecule has 1 aromatic heterocycles. The van der Waals surface area contributed by atoms with Gasteiger partial charge in [0.15, 0.2) is 5.82 Å². The van der Waals surface area contributed by atoms with Gasteiger partial charge in [-0.2, -0.15) is 0 Å². The van der Waals surface area contributed by atoms with Gasteiger partial charge in [0, 0.05) is 31.7 Å². The van der Waals surface area contributed by atoms with Gasteiger partial charge in [-0.25, -0.2) is 0 Å². The lowest BCUT2D eigenvalue weighted by Gasteiger charge is -2.16. The quantitative estimate of drug-likeness (QED) is 0.720. The Kier molecular flexibility index (Phi) is 6.89. The van der Waals surface area contributed by atoms with Crippen LogP contribution in [0, 0.1) is 6.92 Å². The van der Waals surface area contributed by atoms with Gasteiger partial charge in [0.2, 0.25) is 11.8 Å². The molecule has 0 bridgehead atoms. The fourth-order valence-corrected chi connectivity index (χ4v) is 3.67. The zero-order valence-electron chi connectivity index (χ0n) is 15.3. The summed E-state index contributed by atoms with van der Waals surface area (Å²) < 4.78 is 4.89. The molecule has 1 fully saturated rings. The fourth-order valence-electron chi connectivity index (χ4n) is 3.05. The number of rotatable bonds is 8. The second-order valence-corrected chi connectivity index (χ2v) is 7.62. The molecule has 0 aliphatic carbocycles. The molecule has 1 saturated heterocycles. The third-order valence-corrected chi connectivity index (χ3v) is 5.18. The van der Waals surface area contributed by atoms with Gasteiger partial charge in [0.05, 0.1) is 11.5 Å². The normalized spacial score (nSPS) is 17.0. The van der Waals surface area contributed by atoms with Crippen molar-refractivity contribution in [3.05, 3.63) is 47.7 Å². The van der Waals surface area contributed by atoms with Crippen molar-refractivity contribution in [3.8, 4) is 0 Å². The van der Waals surface area contributed by atoms with Crippen LogP contribution in [0.25, 0.3) is 0 Å². The van der Waals surface area contributed by atoms with E-state index in [0.29, 0.717) is 11.6 Å². The summed E-state index contributed by atoms with van der Waals surface area (Å²) in [4.78, 5) is 26.3. The highest BCUT2D eigenvalue weighted by molar-refractivity contribution is 8.00. The number of aromatic nitrogens is 1. The number of benzene rings is 1. The van der Waals surface area contributed by atoms with E-state index in [9.17, 15) is 9.59 Å². The summed E-state index contributed by atoms with van der Waals surface area (Å²) in [6, 6.07) is 12.2. The molecule has 27 heavy (non-hydrogen) atoms. The van der Waals surface area contributed by atoms with E-state index in [0.717, 1.165) is 26.1 Å². The third kappa shape index (κ3) is 6.41. The number of nitrogens with zero attached hydrogens (tertiary/aromatic N) is 2. The number of carbonyl (C=O) groups excluding carboxylic acids is 2. The van der Waals surface area contributed by atoms with Crippen LogP contribution >= 0.6 is 11.8 Å². The maximum absolute atomic E-state index is 12.1. The highest BCUT2D eigenvalue weighted by Gasteiger charge is 2.23. The predicted octanol–water partition coefficient (Wildman–Crippen LogP) is 2.05. The van der Waals surface area contributed by atoms with E-state index in [1.165, 1.54) is 17.3 Å². The van der Waals surface area contributed by atoms with Crippen molar-refractivity contribution >= 4 is 29.4 Å². The molecular formula is C19H24N4O3S. The second-order valence-electron chi connectivity index (χ2n) is 6.64. The lowest BCUT2D eigenvalue weighted by atomic mass is 10.2. The fraction of sp³-hybridized carbons (Fsp3) is 0.421. The lowest BCUT2D eigenvalue weighted by molar-refractivity contribution is -0.119. The molecule has 7 nitrogen and oxygen atoms in total. The highest BCUT2D eigenvalue weighted by Crippen LogP contribution is 2.14. The average Bonchev–Trinajstić information content (AvgIpc) is 3.24. The number of carbonyl (C=O) groups is 2. The SMILES string of the molecule is Cc1cc(NC(=O)CSCC(=O)NC2CCN(Cc3ccccc3)C2)no1. The van der Waals surface area contributed by atoms with Crippen LogP contribution in [-0.4, -0.2) is 52.5 Å². The minimum Gasteiger partial charge on any atom is -0.360 e. The smallest absolute Gasteiger partial charge is 0.235 e. The van der Waals surface area contributed by atoms with Crippen molar-refractivity contribution < 1.29 is 14.1 Å². The van der Waals surface area contributed by atoms with Gasteiger partial charge in [-0.15, -0.1) is 11.8 Å². The molecular weight excluding hydrogens is 364 g/mol. The Morgan fingerprint density at radius 1 is 1.26 bits per heavy atom. The first-order valence-electron chi connectivity index (χ1n) is 8.95. The van der Waals surface area contributed by atoms with Crippen molar-refractivity contribution in [2.75, 3.05) is 29.9 Å². The Hall–Kier alpha value is -2.32. The topological polar surface area (TPSA) is 87.5 Å². The third-order valence-electron chi connectivity index (χ3n) is 4.25. The van der Waals surface area contributed by atoms with Gasteiger partial charge in [0.1, 0.15) is 5.76 Å². The number of hydrogen-bond acceptors (Lipinski definition) is 6. The van der Waals surface area contributed by atoms with Gasteiger partial charge in [0.25, 0.3) is 0 Å². The van der Waals surface area contributed by atoms with Crippen molar-refractivity contribution in [2.45, 2.75) is 25.9 Å². The number of hydrogen-bond donors (Lipinski definition) is 2. The van der Waals surface area contributed by atoms with Crippen LogP contribution in [0.15, 0.2) is 40.9 Å². The Morgan fingerprint density at radius 3 is 2.78 bits per heavy atom. The van der Waals surface area contributed by atoms with E-state index in [1.54, 1.807) is 13.0 Å². The van der Waals surface area contributed by atoms with Crippen LogP contribution in [-0.2, 0) is 16.1 Å². The molecule has 2 amide bonds. The first-order chi connectivity index (χ1) is 13.1. The maximum atomic E-state index is 12.1. The minimum absolute atomic E-state index is 0.0309. The first kappa shape index (κ1) is 19.4. The monoisotopic (exact) mass is 388 g/mol. The van der Waals surface area contributed by atoms with Gasteiger partial charge < -0.3 is 15.2 Å². The molecule has 1 unspecified atom stereocenters. The summed E-state index contributed by atoms with van der Waals surface area (Å²) in [7, 11) is 0. The summed E-state index contributed by atoms with van der Waals surface area (Å²) in [5.74, 6) is 1.26. The molecule has 2 heterocycles. The van der Waals surface area contributed by atoms with E-state index in [-0.39, 0.29) is 29.4 Å². The molecule has 1 aliphatic rings. The molecule has 0 saturated carbocycles. The molecule has 0 radical (unpaired) electrons. The molecule has 1 aliphatic heterocycles. The van der Waals surface area contributed by atoms with Crippen molar-refractivity contribution in [3.63, 3.8) is 0 Å². The molecule has 2 N–H and O–H groups in total. The number of likely N-dealkylation sites (tertiary alicyclic amines) is 1. The number of aryl methyl sites for hydroxylation is 1. The van der Waals surface area contributed by atoms with E-state index < -0.39 is 0 Å². The molecule has 0 spiro atoms. The zero-order chi connectivity index (χ0) is 19.1. The van der Waals surface area contributed by atoms with Gasteiger partial charge in [-0.05, 0) is 18.9 Å². The van der Waals surface area contributed by atoms with Crippen LogP contribution in [0.2, 0.25) is 0 Å².